The largest absolute Gasteiger partial charge is 0.299 e. The number of nitrogens with zero attached hydrogens (tertiary/aromatic N) is 1. The van der Waals surface area contributed by atoms with Gasteiger partial charge >= 0.3 is 0 Å². The minimum absolute atomic E-state index is 0.0324. The smallest absolute Gasteiger partial charge is 0.0986 e. The average Bonchev–Trinajstić information content (AvgIpc) is 2.15. The van der Waals surface area contributed by atoms with Gasteiger partial charge in [-0.15, -0.1) is 0 Å². The Bertz CT molecular complexity index is 213. The Labute approximate surface area is 80.6 Å². The molecule has 1 aliphatic rings. The summed E-state index contributed by atoms with van der Waals surface area (Å²) in [6.45, 7) is 4.17. The monoisotopic (exact) mass is 178 g/mol. The van der Waals surface area contributed by atoms with Crippen LogP contribution in [0.3, 0.4) is 0 Å². The number of nitriles is 1. The zero-order valence-corrected chi connectivity index (χ0v) is 8.46. The normalized spacial score (nSPS) is 24.3. The molecule has 72 valence electrons. The molecule has 2 unspecified atom stereocenters. The highest BCUT2D eigenvalue weighted by Gasteiger charge is 2.21. The summed E-state index contributed by atoms with van der Waals surface area (Å²) in [7, 11) is 0. The molecule has 0 aromatic carbocycles. The van der Waals surface area contributed by atoms with Crippen molar-refractivity contribution in [2.45, 2.75) is 45.2 Å². The number of hydrogen-bond donors (Lipinski definition) is 1. The highest BCUT2D eigenvalue weighted by atomic mass is 14.9. The lowest BCUT2D eigenvalue weighted by molar-refractivity contribution is 0.363. The van der Waals surface area contributed by atoms with Gasteiger partial charge in [0.15, 0.2) is 0 Å². The van der Waals surface area contributed by atoms with E-state index in [4.69, 9.17) is 5.26 Å². The number of rotatable bonds is 3. The maximum atomic E-state index is 8.99. The van der Waals surface area contributed by atoms with Gasteiger partial charge in [0.1, 0.15) is 0 Å². The fraction of sp³-hybridized carbons (Fsp3) is 0.727. The van der Waals surface area contributed by atoms with E-state index in [1.807, 2.05) is 0 Å². The summed E-state index contributed by atoms with van der Waals surface area (Å²) in [5.41, 5.74) is 0. The zero-order chi connectivity index (χ0) is 9.68. The van der Waals surface area contributed by atoms with Crippen LogP contribution in [-0.2, 0) is 0 Å². The van der Waals surface area contributed by atoms with Crippen LogP contribution in [0.1, 0.15) is 33.1 Å². The predicted octanol–water partition coefficient (Wildman–Crippen LogP) is 2.23. The summed E-state index contributed by atoms with van der Waals surface area (Å²) in [6.07, 6.45) is 7.73. The van der Waals surface area contributed by atoms with E-state index < -0.39 is 0 Å². The first kappa shape index (κ1) is 10.3. The third-order valence-electron chi connectivity index (χ3n) is 2.43. The molecule has 2 atom stereocenters. The van der Waals surface area contributed by atoms with Gasteiger partial charge in [-0.1, -0.05) is 12.2 Å². The van der Waals surface area contributed by atoms with E-state index in [1.165, 1.54) is 0 Å². The highest BCUT2D eigenvalue weighted by Crippen LogP contribution is 2.21. The van der Waals surface area contributed by atoms with E-state index in [2.05, 4.69) is 37.4 Å². The summed E-state index contributed by atoms with van der Waals surface area (Å²) >= 11 is 0. The number of hydrogen-bond acceptors (Lipinski definition) is 2. The lowest BCUT2D eigenvalue weighted by Gasteiger charge is -2.25. The summed E-state index contributed by atoms with van der Waals surface area (Å²) in [5.74, 6) is 0.511. The van der Waals surface area contributed by atoms with Crippen molar-refractivity contribution >= 4 is 0 Å². The van der Waals surface area contributed by atoms with Crippen LogP contribution in [0.15, 0.2) is 12.2 Å². The molecule has 13 heavy (non-hydrogen) atoms. The van der Waals surface area contributed by atoms with Gasteiger partial charge in [-0.3, -0.25) is 5.32 Å². The fourth-order valence-electron chi connectivity index (χ4n) is 1.76. The Morgan fingerprint density at radius 2 is 2.23 bits per heavy atom. The molecule has 2 nitrogen and oxygen atoms in total. The summed E-state index contributed by atoms with van der Waals surface area (Å²) < 4.78 is 0. The van der Waals surface area contributed by atoms with Gasteiger partial charge in [-0.2, -0.15) is 5.26 Å². The molecule has 1 rings (SSSR count). The third kappa shape index (κ3) is 3.20. The minimum atomic E-state index is 0.0324. The topological polar surface area (TPSA) is 35.8 Å². The van der Waals surface area contributed by atoms with E-state index in [1.54, 1.807) is 0 Å². The van der Waals surface area contributed by atoms with Gasteiger partial charge in [0.25, 0.3) is 0 Å². The van der Waals surface area contributed by atoms with Crippen LogP contribution >= 0.6 is 0 Å². The Balaban J connectivity index is 2.46. The van der Waals surface area contributed by atoms with Gasteiger partial charge < -0.3 is 0 Å². The molecular formula is C11H18N2. The molecule has 0 radical (unpaired) electrons. The van der Waals surface area contributed by atoms with Crippen molar-refractivity contribution in [3.05, 3.63) is 12.2 Å². The van der Waals surface area contributed by atoms with Crippen molar-refractivity contribution in [1.82, 2.24) is 5.32 Å². The molecule has 1 N–H and O–H groups in total. The van der Waals surface area contributed by atoms with E-state index in [9.17, 15) is 0 Å². The molecule has 0 saturated carbocycles. The molecule has 0 aliphatic heterocycles. The summed E-state index contributed by atoms with van der Waals surface area (Å²) in [6, 6.07) is 2.79. The lowest BCUT2D eigenvalue weighted by Crippen LogP contribution is -2.39. The molecule has 0 aromatic rings. The first-order valence-electron chi connectivity index (χ1n) is 5.04. The van der Waals surface area contributed by atoms with Gasteiger partial charge in [-0.05, 0) is 39.0 Å². The second kappa shape index (κ2) is 5.04. The van der Waals surface area contributed by atoms with Crippen molar-refractivity contribution < 1.29 is 0 Å². The number of nitrogens with one attached hydrogen (secondary N) is 1. The van der Waals surface area contributed by atoms with Crippen molar-refractivity contribution in [1.29, 1.82) is 5.26 Å². The second-order valence-electron chi connectivity index (χ2n) is 3.97. The van der Waals surface area contributed by atoms with Crippen LogP contribution in [0.5, 0.6) is 0 Å². The van der Waals surface area contributed by atoms with Crippen molar-refractivity contribution in [3.8, 4) is 6.07 Å². The Hall–Kier alpha value is -0.810. The van der Waals surface area contributed by atoms with Gasteiger partial charge in [0.05, 0.1) is 12.1 Å². The fourth-order valence-corrected chi connectivity index (χ4v) is 1.76. The van der Waals surface area contributed by atoms with Crippen LogP contribution in [0.25, 0.3) is 0 Å². The number of allylic oxidation sites excluding steroid dienone is 2. The quantitative estimate of drug-likeness (QED) is 0.673. The Morgan fingerprint density at radius 1 is 1.46 bits per heavy atom. The van der Waals surface area contributed by atoms with E-state index in [0.29, 0.717) is 12.0 Å². The van der Waals surface area contributed by atoms with E-state index >= 15 is 0 Å². The van der Waals surface area contributed by atoms with Gasteiger partial charge in [0.2, 0.25) is 0 Å². The van der Waals surface area contributed by atoms with Gasteiger partial charge in [-0.25, -0.2) is 0 Å². The molecule has 0 heterocycles. The summed E-state index contributed by atoms with van der Waals surface area (Å²) in [4.78, 5) is 0. The van der Waals surface area contributed by atoms with Crippen LogP contribution in [0.4, 0.5) is 0 Å². The Kier molecular flexibility index (Phi) is 3.98. The zero-order valence-electron chi connectivity index (χ0n) is 8.46. The summed E-state index contributed by atoms with van der Waals surface area (Å²) in [5, 5.41) is 12.3. The van der Waals surface area contributed by atoms with Crippen LogP contribution < -0.4 is 5.32 Å². The van der Waals surface area contributed by atoms with Crippen molar-refractivity contribution in [2.24, 2.45) is 5.92 Å². The lowest BCUT2D eigenvalue weighted by atomic mass is 9.88. The average molecular weight is 178 g/mol. The molecule has 0 saturated heterocycles. The molecule has 0 bridgehead atoms. The maximum Gasteiger partial charge on any atom is 0.0986 e. The SMILES string of the molecule is CC(C)NC(C#N)C1CC=CCC1. The standard InChI is InChI=1S/C11H18N2/c1-9(2)13-11(8-12)10-6-4-3-5-7-10/h3-4,9-11,13H,5-7H2,1-2H3. The van der Waals surface area contributed by atoms with Gasteiger partial charge in [0, 0.05) is 6.04 Å². The van der Waals surface area contributed by atoms with Crippen LogP contribution in [0.2, 0.25) is 0 Å². The van der Waals surface area contributed by atoms with E-state index in [-0.39, 0.29) is 6.04 Å². The predicted molar refractivity (Wildman–Crippen MR) is 54.2 cm³/mol. The molecule has 0 aromatic heterocycles. The molecule has 0 fully saturated rings. The minimum Gasteiger partial charge on any atom is -0.299 e. The van der Waals surface area contributed by atoms with E-state index in [0.717, 1.165) is 19.3 Å². The van der Waals surface area contributed by atoms with Crippen molar-refractivity contribution in [2.75, 3.05) is 0 Å². The second-order valence-corrected chi connectivity index (χ2v) is 3.97. The molecule has 0 spiro atoms. The van der Waals surface area contributed by atoms with Crippen molar-refractivity contribution in [3.63, 3.8) is 0 Å². The highest BCUT2D eigenvalue weighted by molar-refractivity contribution is 5.02. The first-order chi connectivity index (χ1) is 6.24. The molecule has 0 amide bonds. The van der Waals surface area contributed by atoms with Crippen LogP contribution in [-0.4, -0.2) is 12.1 Å². The molecule has 1 aliphatic carbocycles. The molecular weight excluding hydrogens is 160 g/mol. The Morgan fingerprint density at radius 3 is 2.69 bits per heavy atom. The van der Waals surface area contributed by atoms with Crippen LogP contribution in [0, 0.1) is 17.2 Å². The third-order valence-corrected chi connectivity index (χ3v) is 2.43. The maximum absolute atomic E-state index is 8.99. The molecule has 2 heteroatoms. The first-order valence-corrected chi connectivity index (χ1v) is 5.04.